The van der Waals surface area contributed by atoms with Gasteiger partial charge in [-0.05, 0) is 31.2 Å². The number of benzene rings is 2. The predicted molar refractivity (Wildman–Crippen MR) is 105 cm³/mol. The number of fused-ring (bicyclic) bond motifs is 1. The smallest absolute Gasteiger partial charge is 0.251 e. The number of H-pyrrole nitrogens is 1. The Morgan fingerprint density at radius 2 is 1.79 bits per heavy atom. The van der Waals surface area contributed by atoms with Crippen LogP contribution in [0, 0.1) is 0 Å². The molecule has 0 spiro atoms. The molecule has 0 bridgehead atoms. The van der Waals surface area contributed by atoms with Gasteiger partial charge in [-0.2, -0.15) is 0 Å². The van der Waals surface area contributed by atoms with Crippen molar-refractivity contribution in [2.75, 3.05) is 20.8 Å². The fraction of sp³-hybridized carbons (Fsp3) is 0.250. The maximum atomic E-state index is 12.3. The number of nitrogens with zero attached hydrogens (tertiary/aromatic N) is 1. The van der Waals surface area contributed by atoms with E-state index in [-0.39, 0.29) is 18.5 Å². The lowest BCUT2D eigenvalue weighted by atomic mass is 10.2. The van der Waals surface area contributed by atoms with E-state index in [9.17, 15) is 9.59 Å². The molecule has 0 fully saturated rings. The summed E-state index contributed by atoms with van der Waals surface area (Å²) in [6, 6.07) is 12.1. The number of nitrogens with one attached hydrogen (secondary N) is 3. The zero-order valence-electron chi connectivity index (χ0n) is 15.9. The standard InChI is InChI=1S/C20H22N4O4/c1-12(19-23-16-6-4-5-7-17(16)24-19)22-18(25)11-21-20(26)13-8-14(27-2)10-15(9-13)28-3/h4-10,12H,11H2,1-3H3,(H,21,26)(H,22,25)(H,23,24)/t12-/m0/s1. The summed E-state index contributed by atoms with van der Waals surface area (Å²) in [4.78, 5) is 32.2. The topological polar surface area (TPSA) is 105 Å². The van der Waals surface area contributed by atoms with Crippen molar-refractivity contribution < 1.29 is 19.1 Å². The summed E-state index contributed by atoms with van der Waals surface area (Å²) in [5.41, 5.74) is 2.08. The van der Waals surface area contributed by atoms with Gasteiger partial charge in [0, 0.05) is 11.6 Å². The Morgan fingerprint density at radius 3 is 2.43 bits per heavy atom. The monoisotopic (exact) mass is 382 g/mol. The Balaban J connectivity index is 1.58. The van der Waals surface area contributed by atoms with Crippen LogP contribution in [0.25, 0.3) is 11.0 Å². The van der Waals surface area contributed by atoms with Gasteiger partial charge in [0.05, 0.1) is 37.8 Å². The van der Waals surface area contributed by atoms with Crippen molar-refractivity contribution in [3.8, 4) is 11.5 Å². The second-order valence-corrected chi connectivity index (χ2v) is 6.21. The Kier molecular flexibility index (Phi) is 5.78. The SMILES string of the molecule is COc1cc(OC)cc(C(=O)NCC(=O)N[C@@H](C)c2nc3ccccc3[nH]2)c1. The van der Waals surface area contributed by atoms with E-state index >= 15 is 0 Å². The Labute approximate surface area is 162 Å². The molecule has 146 valence electrons. The molecule has 8 heteroatoms. The van der Waals surface area contributed by atoms with Crippen molar-refractivity contribution in [3.05, 3.63) is 53.9 Å². The minimum Gasteiger partial charge on any atom is -0.497 e. The van der Waals surface area contributed by atoms with Gasteiger partial charge >= 0.3 is 0 Å². The number of rotatable bonds is 7. The van der Waals surface area contributed by atoms with Gasteiger partial charge in [-0.25, -0.2) is 4.98 Å². The number of amides is 2. The van der Waals surface area contributed by atoms with Crippen LogP contribution in [0.1, 0.15) is 29.1 Å². The summed E-state index contributed by atoms with van der Waals surface area (Å²) in [6.45, 7) is 1.66. The molecule has 28 heavy (non-hydrogen) atoms. The molecule has 1 aromatic heterocycles. The van der Waals surface area contributed by atoms with Crippen molar-refractivity contribution in [3.63, 3.8) is 0 Å². The van der Waals surface area contributed by atoms with Crippen LogP contribution in [0.5, 0.6) is 11.5 Å². The fourth-order valence-corrected chi connectivity index (χ4v) is 2.74. The quantitative estimate of drug-likeness (QED) is 0.581. The van der Waals surface area contributed by atoms with Crippen molar-refractivity contribution in [1.82, 2.24) is 20.6 Å². The van der Waals surface area contributed by atoms with Crippen LogP contribution in [-0.2, 0) is 4.79 Å². The van der Waals surface area contributed by atoms with Crippen LogP contribution in [0.2, 0.25) is 0 Å². The molecule has 0 aliphatic rings. The number of imidazole rings is 1. The maximum absolute atomic E-state index is 12.3. The molecule has 2 amide bonds. The van der Waals surface area contributed by atoms with Crippen molar-refractivity contribution in [1.29, 1.82) is 0 Å². The summed E-state index contributed by atoms with van der Waals surface area (Å²) < 4.78 is 10.3. The molecule has 0 saturated carbocycles. The molecule has 0 saturated heterocycles. The third kappa shape index (κ3) is 4.40. The third-order valence-corrected chi connectivity index (χ3v) is 4.22. The number of para-hydroxylation sites is 2. The predicted octanol–water partition coefficient (Wildman–Crippen LogP) is 2.19. The molecule has 3 aromatic rings. The normalized spacial score (nSPS) is 11.7. The van der Waals surface area contributed by atoms with E-state index < -0.39 is 5.91 Å². The average Bonchev–Trinajstić information content (AvgIpc) is 3.16. The van der Waals surface area contributed by atoms with Gasteiger partial charge in [0.2, 0.25) is 5.91 Å². The number of carbonyl (C=O) groups is 2. The summed E-state index contributed by atoms with van der Waals surface area (Å²) in [7, 11) is 3.01. The van der Waals surface area contributed by atoms with E-state index in [1.165, 1.54) is 14.2 Å². The first-order chi connectivity index (χ1) is 13.5. The lowest BCUT2D eigenvalue weighted by Gasteiger charge is -2.12. The molecule has 1 heterocycles. The van der Waals surface area contributed by atoms with Crippen LogP contribution in [0.3, 0.4) is 0 Å². The maximum Gasteiger partial charge on any atom is 0.251 e. The van der Waals surface area contributed by atoms with Gasteiger partial charge in [-0.15, -0.1) is 0 Å². The number of aromatic amines is 1. The molecular formula is C20H22N4O4. The molecule has 0 unspecified atom stereocenters. The first-order valence-electron chi connectivity index (χ1n) is 8.75. The van der Waals surface area contributed by atoms with Crippen LogP contribution >= 0.6 is 0 Å². The number of hydrogen-bond donors (Lipinski definition) is 3. The van der Waals surface area contributed by atoms with Gasteiger partial charge in [0.1, 0.15) is 17.3 Å². The van der Waals surface area contributed by atoms with Gasteiger partial charge in [-0.1, -0.05) is 12.1 Å². The van der Waals surface area contributed by atoms with E-state index in [1.807, 2.05) is 31.2 Å². The number of carbonyl (C=O) groups excluding carboxylic acids is 2. The second kappa shape index (κ2) is 8.43. The molecule has 1 atom stereocenters. The highest BCUT2D eigenvalue weighted by Crippen LogP contribution is 2.22. The molecular weight excluding hydrogens is 360 g/mol. The third-order valence-electron chi connectivity index (χ3n) is 4.22. The number of aromatic nitrogens is 2. The number of hydrogen-bond acceptors (Lipinski definition) is 5. The number of ether oxygens (including phenoxy) is 2. The Bertz CT molecular complexity index is 944. The van der Waals surface area contributed by atoms with Gasteiger partial charge < -0.3 is 25.1 Å². The van der Waals surface area contributed by atoms with Crippen LogP contribution in [-0.4, -0.2) is 42.5 Å². The van der Waals surface area contributed by atoms with E-state index in [1.54, 1.807) is 18.2 Å². The molecule has 0 aliphatic carbocycles. The average molecular weight is 382 g/mol. The van der Waals surface area contributed by atoms with E-state index in [2.05, 4.69) is 20.6 Å². The highest BCUT2D eigenvalue weighted by Gasteiger charge is 2.15. The summed E-state index contributed by atoms with van der Waals surface area (Å²) in [5, 5.41) is 5.40. The lowest BCUT2D eigenvalue weighted by molar-refractivity contribution is -0.120. The van der Waals surface area contributed by atoms with E-state index in [4.69, 9.17) is 9.47 Å². The van der Waals surface area contributed by atoms with Gasteiger partial charge in [0.25, 0.3) is 5.91 Å². The molecule has 0 radical (unpaired) electrons. The first-order valence-corrected chi connectivity index (χ1v) is 8.75. The second-order valence-electron chi connectivity index (χ2n) is 6.21. The summed E-state index contributed by atoms with van der Waals surface area (Å²) in [6.07, 6.45) is 0. The van der Waals surface area contributed by atoms with Crippen LogP contribution < -0.4 is 20.1 Å². The van der Waals surface area contributed by atoms with Crippen LogP contribution in [0.15, 0.2) is 42.5 Å². The zero-order valence-corrected chi connectivity index (χ0v) is 15.9. The molecule has 3 N–H and O–H groups in total. The zero-order chi connectivity index (χ0) is 20.1. The fourth-order valence-electron chi connectivity index (χ4n) is 2.74. The van der Waals surface area contributed by atoms with Gasteiger partial charge in [0.15, 0.2) is 0 Å². The first kappa shape index (κ1) is 19.2. The van der Waals surface area contributed by atoms with E-state index in [0.717, 1.165) is 11.0 Å². The van der Waals surface area contributed by atoms with Crippen molar-refractivity contribution in [2.45, 2.75) is 13.0 Å². The Hall–Kier alpha value is -3.55. The number of methoxy groups -OCH3 is 2. The van der Waals surface area contributed by atoms with E-state index in [0.29, 0.717) is 22.9 Å². The molecule has 2 aromatic carbocycles. The summed E-state index contributed by atoms with van der Waals surface area (Å²) in [5.74, 6) is 0.915. The van der Waals surface area contributed by atoms with Crippen molar-refractivity contribution in [2.24, 2.45) is 0 Å². The minimum absolute atomic E-state index is 0.164. The summed E-state index contributed by atoms with van der Waals surface area (Å²) >= 11 is 0. The molecule has 8 nitrogen and oxygen atoms in total. The van der Waals surface area contributed by atoms with Gasteiger partial charge in [-0.3, -0.25) is 9.59 Å². The van der Waals surface area contributed by atoms with Crippen LogP contribution in [0.4, 0.5) is 0 Å². The lowest BCUT2D eigenvalue weighted by Crippen LogP contribution is -2.38. The molecule has 3 rings (SSSR count). The highest BCUT2D eigenvalue weighted by atomic mass is 16.5. The highest BCUT2D eigenvalue weighted by molar-refractivity contribution is 5.97. The Morgan fingerprint density at radius 1 is 1.11 bits per heavy atom. The molecule has 0 aliphatic heterocycles. The largest absolute Gasteiger partial charge is 0.497 e. The minimum atomic E-state index is -0.399. The van der Waals surface area contributed by atoms with Crippen molar-refractivity contribution >= 4 is 22.8 Å².